The normalized spacial score (nSPS) is 11.7. The van der Waals surface area contributed by atoms with Crippen molar-refractivity contribution in [3.05, 3.63) is 60.7 Å². The molecular formula is C14H14N4. The maximum absolute atomic E-state index is 4.12. The molecular weight excluding hydrogens is 224 g/mol. The zero-order chi connectivity index (χ0) is 12.6. The van der Waals surface area contributed by atoms with Crippen LogP contribution in [-0.2, 0) is 0 Å². The maximum atomic E-state index is 4.12. The molecule has 18 heavy (non-hydrogen) atoms. The van der Waals surface area contributed by atoms with Gasteiger partial charge in [0.1, 0.15) is 0 Å². The van der Waals surface area contributed by atoms with Crippen LogP contribution in [0.2, 0.25) is 0 Å². The Labute approximate surface area is 106 Å². The van der Waals surface area contributed by atoms with Crippen LogP contribution in [0.25, 0.3) is 0 Å². The first-order valence-electron chi connectivity index (χ1n) is 5.67. The van der Waals surface area contributed by atoms with Crippen LogP contribution in [0.3, 0.4) is 0 Å². The van der Waals surface area contributed by atoms with Crippen LogP contribution in [0.4, 0.5) is 11.4 Å². The van der Waals surface area contributed by atoms with E-state index >= 15 is 0 Å². The van der Waals surface area contributed by atoms with Crippen molar-refractivity contribution in [1.29, 1.82) is 0 Å². The molecule has 0 amide bonds. The first-order valence-corrected chi connectivity index (χ1v) is 5.67. The molecule has 0 radical (unpaired) electrons. The van der Waals surface area contributed by atoms with Gasteiger partial charge in [-0.3, -0.25) is 5.43 Å². The Kier molecular flexibility index (Phi) is 4.19. The lowest BCUT2D eigenvalue weighted by Gasteiger charge is -1.98. The van der Waals surface area contributed by atoms with Gasteiger partial charge in [-0.15, -0.1) is 10.2 Å². The van der Waals surface area contributed by atoms with Gasteiger partial charge in [0, 0.05) is 0 Å². The highest BCUT2D eigenvalue weighted by atomic mass is 15.3. The van der Waals surface area contributed by atoms with Gasteiger partial charge in [0.2, 0.25) is 0 Å². The second-order valence-electron chi connectivity index (χ2n) is 3.67. The lowest BCUT2D eigenvalue weighted by atomic mass is 10.3. The first-order chi connectivity index (χ1) is 8.84. The van der Waals surface area contributed by atoms with Gasteiger partial charge in [-0.05, 0) is 31.2 Å². The smallest absolute Gasteiger partial charge is 0.167 e. The van der Waals surface area contributed by atoms with Gasteiger partial charge < -0.3 is 0 Å². The molecule has 0 saturated carbocycles. The summed E-state index contributed by atoms with van der Waals surface area (Å²) in [5.74, 6) is 0.572. The minimum Gasteiger partial charge on any atom is -0.277 e. The Morgan fingerprint density at radius 3 is 2.17 bits per heavy atom. The number of nitrogens with one attached hydrogen (secondary N) is 1. The lowest BCUT2D eigenvalue weighted by molar-refractivity contribution is 1.22. The topological polar surface area (TPSA) is 49.1 Å². The Hall–Kier alpha value is -2.49. The van der Waals surface area contributed by atoms with Crippen molar-refractivity contribution < 1.29 is 0 Å². The molecule has 0 atom stereocenters. The van der Waals surface area contributed by atoms with E-state index in [2.05, 4.69) is 20.8 Å². The third-order valence-electron chi connectivity index (χ3n) is 2.19. The fourth-order valence-electron chi connectivity index (χ4n) is 1.31. The third kappa shape index (κ3) is 3.83. The van der Waals surface area contributed by atoms with E-state index in [1.165, 1.54) is 0 Å². The number of hydrogen-bond donors (Lipinski definition) is 1. The van der Waals surface area contributed by atoms with Crippen molar-refractivity contribution in [3.8, 4) is 0 Å². The van der Waals surface area contributed by atoms with E-state index < -0.39 is 0 Å². The number of hydrogen-bond acceptors (Lipinski definition) is 3. The summed E-state index contributed by atoms with van der Waals surface area (Å²) in [7, 11) is 0. The molecule has 2 aromatic rings. The van der Waals surface area contributed by atoms with E-state index in [1.54, 1.807) is 6.92 Å². The van der Waals surface area contributed by atoms with Gasteiger partial charge in [-0.25, -0.2) is 0 Å². The van der Waals surface area contributed by atoms with E-state index in [4.69, 9.17) is 0 Å². The van der Waals surface area contributed by atoms with Crippen LogP contribution >= 0.6 is 0 Å². The highest BCUT2D eigenvalue weighted by Gasteiger charge is 1.89. The largest absolute Gasteiger partial charge is 0.277 e. The second-order valence-corrected chi connectivity index (χ2v) is 3.67. The third-order valence-corrected chi connectivity index (χ3v) is 2.19. The highest BCUT2D eigenvalue weighted by molar-refractivity contribution is 5.80. The molecule has 0 unspecified atom stereocenters. The summed E-state index contributed by atoms with van der Waals surface area (Å²) in [6.45, 7) is 1.79. The standard InChI is InChI=1S/C14H14N4/c1-12(15-17-13-8-4-2-5-9-13)16-18-14-10-6-3-7-11-14/h2-11,17H,1H3/b15-12-,18-16?. The fraction of sp³-hybridized carbons (Fsp3) is 0.0714. The van der Waals surface area contributed by atoms with Gasteiger partial charge in [-0.2, -0.15) is 5.10 Å². The summed E-state index contributed by atoms with van der Waals surface area (Å²) in [5.41, 5.74) is 4.65. The van der Waals surface area contributed by atoms with Gasteiger partial charge in [0.05, 0.1) is 11.4 Å². The first kappa shape index (κ1) is 12.0. The molecule has 0 bridgehead atoms. The van der Waals surface area contributed by atoms with Crippen molar-refractivity contribution in [2.45, 2.75) is 6.92 Å². The summed E-state index contributed by atoms with van der Waals surface area (Å²) < 4.78 is 0. The molecule has 0 aliphatic carbocycles. The van der Waals surface area contributed by atoms with Crippen LogP contribution in [0, 0.1) is 0 Å². The van der Waals surface area contributed by atoms with Crippen LogP contribution in [-0.4, -0.2) is 5.84 Å². The number of benzene rings is 2. The van der Waals surface area contributed by atoms with Crippen LogP contribution < -0.4 is 5.43 Å². The minimum absolute atomic E-state index is 0.572. The van der Waals surface area contributed by atoms with Gasteiger partial charge >= 0.3 is 0 Å². The molecule has 0 aliphatic heterocycles. The van der Waals surface area contributed by atoms with Crippen molar-refractivity contribution in [1.82, 2.24) is 0 Å². The Bertz CT molecular complexity index is 532. The predicted molar refractivity (Wildman–Crippen MR) is 74.1 cm³/mol. The van der Waals surface area contributed by atoms with Gasteiger partial charge in [-0.1, -0.05) is 36.4 Å². The molecule has 1 N–H and O–H groups in total. The molecule has 90 valence electrons. The maximum Gasteiger partial charge on any atom is 0.167 e. The second kappa shape index (κ2) is 6.30. The van der Waals surface area contributed by atoms with Gasteiger partial charge in [0.25, 0.3) is 0 Å². The quantitative estimate of drug-likeness (QED) is 0.370. The molecule has 0 heterocycles. The van der Waals surface area contributed by atoms with E-state index in [-0.39, 0.29) is 0 Å². The molecule has 2 rings (SSSR count). The molecule has 0 saturated heterocycles. The average molecular weight is 238 g/mol. The fourth-order valence-corrected chi connectivity index (χ4v) is 1.31. The molecule has 0 aliphatic rings. The summed E-state index contributed by atoms with van der Waals surface area (Å²) in [4.78, 5) is 0. The lowest BCUT2D eigenvalue weighted by Crippen LogP contribution is -1.93. The average Bonchev–Trinajstić information content (AvgIpc) is 2.45. The summed E-state index contributed by atoms with van der Waals surface area (Å²) in [5, 5.41) is 12.2. The van der Waals surface area contributed by atoms with Crippen LogP contribution in [0.5, 0.6) is 0 Å². The molecule has 0 aromatic heterocycles. The Morgan fingerprint density at radius 2 is 1.50 bits per heavy atom. The van der Waals surface area contributed by atoms with Crippen molar-refractivity contribution in [3.63, 3.8) is 0 Å². The highest BCUT2D eigenvalue weighted by Crippen LogP contribution is 2.10. The van der Waals surface area contributed by atoms with Crippen LogP contribution in [0.15, 0.2) is 76.0 Å². The number of azo groups is 1. The van der Waals surface area contributed by atoms with Crippen LogP contribution in [0.1, 0.15) is 6.92 Å². The van der Waals surface area contributed by atoms with E-state index in [1.807, 2.05) is 60.7 Å². The Balaban J connectivity index is 1.96. The number of para-hydroxylation sites is 1. The molecule has 4 nitrogen and oxygen atoms in total. The van der Waals surface area contributed by atoms with E-state index in [0.717, 1.165) is 11.4 Å². The number of anilines is 1. The molecule has 0 spiro atoms. The Morgan fingerprint density at radius 1 is 0.889 bits per heavy atom. The zero-order valence-electron chi connectivity index (χ0n) is 10.1. The SMILES string of the molecule is C/C(N=Nc1ccccc1)=N/Nc1ccccc1. The van der Waals surface area contributed by atoms with Gasteiger partial charge in [0.15, 0.2) is 5.84 Å². The summed E-state index contributed by atoms with van der Waals surface area (Å²) in [6.07, 6.45) is 0. The van der Waals surface area contributed by atoms with E-state index in [0.29, 0.717) is 5.84 Å². The number of hydrazone groups is 1. The van der Waals surface area contributed by atoms with Crippen molar-refractivity contribution in [2.24, 2.45) is 15.3 Å². The summed E-state index contributed by atoms with van der Waals surface area (Å²) in [6, 6.07) is 19.3. The summed E-state index contributed by atoms with van der Waals surface area (Å²) >= 11 is 0. The minimum atomic E-state index is 0.572. The van der Waals surface area contributed by atoms with Crippen molar-refractivity contribution >= 4 is 17.2 Å². The zero-order valence-corrected chi connectivity index (χ0v) is 10.1. The monoisotopic (exact) mass is 238 g/mol. The van der Waals surface area contributed by atoms with E-state index in [9.17, 15) is 0 Å². The number of nitrogens with zero attached hydrogens (tertiary/aromatic N) is 3. The predicted octanol–water partition coefficient (Wildman–Crippen LogP) is 4.22. The number of rotatable bonds is 3. The van der Waals surface area contributed by atoms with Crippen molar-refractivity contribution in [2.75, 3.05) is 5.43 Å². The molecule has 2 aromatic carbocycles. The molecule has 0 fully saturated rings. The molecule has 4 heteroatoms. The number of amidine groups is 1.